The number of carbonyl (C=O) groups excluding carboxylic acids is 1. The maximum atomic E-state index is 12.7. The van der Waals surface area contributed by atoms with Gasteiger partial charge in [0.1, 0.15) is 0 Å². The summed E-state index contributed by atoms with van der Waals surface area (Å²) >= 11 is 11.9. The summed E-state index contributed by atoms with van der Waals surface area (Å²) in [7, 11) is 1.63. The minimum atomic E-state index is -0.453. The lowest BCUT2D eigenvalue weighted by molar-refractivity contribution is -0.139. The van der Waals surface area contributed by atoms with Crippen LogP contribution in [0.25, 0.3) is 0 Å². The van der Waals surface area contributed by atoms with Crippen LogP contribution in [0.5, 0.6) is 0 Å². The average molecular weight is 383 g/mol. The van der Waals surface area contributed by atoms with Gasteiger partial charge >= 0.3 is 5.97 Å². The number of nitrogens with one attached hydrogen (secondary N) is 1. The minimum Gasteiger partial charge on any atom is -0.463 e. The molecule has 0 spiro atoms. The van der Waals surface area contributed by atoms with Gasteiger partial charge in [-0.25, -0.2) is 4.79 Å². The van der Waals surface area contributed by atoms with E-state index < -0.39 is 6.04 Å². The number of hydrogen-bond donors (Lipinski definition) is 1. The number of benzene rings is 1. The van der Waals surface area contributed by atoms with Crippen LogP contribution >= 0.6 is 23.8 Å². The van der Waals surface area contributed by atoms with Gasteiger partial charge in [-0.2, -0.15) is 0 Å². The van der Waals surface area contributed by atoms with E-state index in [-0.39, 0.29) is 12.0 Å². The summed E-state index contributed by atoms with van der Waals surface area (Å²) < 4.78 is 10.5. The van der Waals surface area contributed by atoms with Gasteiger partial charge in [-0.05, 0) is 44.6 Å². The molecule has 0 aromatic heterocycles. The number of nitrogens with zero attached hydrogens (tertiary/aromatic N) is 1. The molecule has 1 N–H and O–H groups in total. The summed E-state index contributed by atoms with van der Waals surface area (Å²) in [6, 6.07) is 6.92. The highest BCUT2D eigenvalue weighted by molar-refractivity contribution is 7.80. The molecule has 1 aliphatic rings. The maximum Gasteiger partial charge on any atom is 0.338 e. The second-order valence-electron chi connectivity index (χ2n) is 5.80. The summed E-state index contributed by atoms with van der Waals surface area (Å²) in [5, 5.41) is 4.33. The first-order valence-electron chi connectivity index (χ1n) is 8.13. The van der Waals surface area contributed by atoms with Gasteiger partial charge in [0.2, 0.25) is 0 Å². The molecule has 0 radical (unpaired) electrons. The number of thiocarbonyl (C=S) groups is 1. The van der Waals surface area contributed by atoms with Gasteiger partial charge in [0.25, 0.3) is 0 Å². The van der Waals surface area contributed by atoms with Crippen LogP contribution in [0.1, 0.15) is 32.4 Å². The second-order valence-corrected chi connectivity index (χ2v) is 6.59. The Morgan fingerprint density at radius 3 is 2.72 bits per heavy atom. The lowest BCUT2D eigenvalue weighted by Crippen LogP contribution is -2.52. The molecule has 0 unspecified atom stereocenters. The third kappa shape index (κ3) is 4.14. The van der Waals surface area contributed by atoms with Crippen LogP contribution in [0.2, 0.25) is 5.02 Å². The molecule has 1 aromatic rings. The molecule has 1 aliphatic heterocycles. The fourth-order valence-corrected chi connectivity index (χ4v) is 3.70. The molecule has 7 heteroatoms. The fourth-order valence-electron chi connectivity index (χ4n) is 3.02. The zero-order chi connectivity index (χ0) is 18.6. The SMILES string of the molecule is CCOC(=O)C1=C(C)N([C@H](C)COC)C(=S)N[C@@H]1c1ccccc1Cl. The number of allylic oxidation sites excluding steroid dienone is 1. The second kappa shape index (κ2) is 8.65. The quantitative estimate of drug-likeness (QED) is 0.600. The molecule has 25 heavy (non-hydrogen) atoms. The van der Waals surface area contributed by atoms with E-state index >= 15 is 0 Å². The Balaban J connectivity index is 2.55. The van der Waals surface area contributed by atoms with Crippen molar-refractivity contribution in [1.82, 2.24) is 10.2 Å². The summed E-state index contributed by atoms with van der Waals surface area (Å²) in [4.78, 5) is 14.6. The van der Waals surface area contributed by atoms with Crippen molar-refractivity contribution < 1.29 is 14.3 Å². The Kier molecular flexibility index (Phi) is 6.81. The van der Waals surface area contributed by atoms with E-state index in [1.807, 2.05) is 36.9 Å². The van der Waals surface area contributed by atoms with Crippen molar-refractivity contribution in [2.24, 2.45) is 0 Å². The molecule has 0 bridgehead atoms. The predicted molar refractivity (Wildman–Crippen MR) is 102 cm³/mol. The summed E-state index contributed by atoms with van der Waals surface area (Å²) in [5.74, 6) is -0.380. The summed E-state index contributed by atoms with van der Waals surface area (Å²) in [5.41, 5.74) is 2.04. The van der Waals surface area contributed by atoms with Crippen LogP contribution in [0.4, 0.5) is 0 Å². The Bertz CT molecular complexity index is 693. The molecule has 0 amide bonds. The van der Waals surface area contributed by atoms with E-state index in [0.717, 1.165) is 11.3 Å². The molecular formula is C18H23ClN2O3S. The summed E-state index contributed by atoms with van der Waals surface area (Å²) in [6.07, 6.45) is 0. The Morgan fingerprint density at radius 2 is 2.12 bits per heavy atom. The number of hydrogen-bond acceptors (Lipinski definition) is 4. The van der Waals surface area contributed by atoms with Gasteiger partial charge in [-0.1, -0.05) is 29.8 Å². The van der Waals surface area contributed by atoms with Crippen molar-refractivity contribution in [3.05, 3.63) is 46.1 Å². The molecule has 5 nitrogen and oxygen atoms in total. The van der Waals surface area contributed by atoms with E-state index in [1.165, 1.54) is 0 Å². The minimum absolute atomic E-state index is 0.0263. The molecule has 1 heterocycles. The van der Waals surface area contributed by atoms with E-state index in [0.29, 0.717) is 28.9 Å². The molecular weight excluding hydrogens is 360 g/mol. The van der Waals surface area contributed by atoms with Crippen LogP contribution in [0.3, 0.4) is 0 Å². The Morgan fingerprint density at radius 1 is 1.44 bits per heavy atom. The van der Waals surface area contributed by atoms with E-state index in [2.05, 4.69) is 5.32 Å². The normalized spacial score (nSPS) is 18.8. The fraction of sp³-hybridized carbons (Fsp3) is 0.444. The van der Waals surface area contributed by atoms with Crippen molar-refractivity contribution >= 4 is 34.9 Å². The Labute approximate surface area is 158 Å². The smallest absolute Gasteiger partial charge is 0.338 e. The lowest BCUT2D eigenvalue weighted by Gasteiger charge is -2.40. The van der Waals surface area contributed by atoms with Gasteiger partial charge in [0, 0.05) is 17.8 Å². The van der Waals surface area contributed by atoms with Gasteiger partial charge in [-0.15, -0.1) is 0 Å². The molecule has 0 saturated heterocycles. The first-order chi connectivity index (χ1) is 11.9. The number of carbonyl (C=O) groups is 1. The summed E-state index contributed by atoms with van der Waals surface area (Å²) in [6.45, 7) is 6.41. The lowest BCUT2D eigenvalue weighted by atomic mass is 9.94. The van der Waals surface area contributed by atoms with Crippen molar-refractivity contribution in [1.29, 1.82) is 0 Å². The number of ether oxygens (including phenoxy) is 2. The molecule has 1 aromatic carbocycles. The first kappa shape index (κ1) is 19.7. The maximum absolute atomic E-state index is 12.7. The average Bonchev–Trinajstić information content (AvgIpc) is 2.55. The van der Waals surface area contributed by atoms with Crippen LogP contribution in [-0.2, 0) is 14.3 Å². The number of methoxy groups -OCH3 is 1. The Hall–Kier alpha value is -1.63. The highest BCUT2D eigenvalue weighted by atomic mass is 35.5. The topological polar surface area (TPSA) is 50.8 Å². The van der Waals surface area contributed by atoms with Crippen molar-refractivity contribution in [3.63, 3.8) is 0 Å². The van der Waals surface area contributed by atoms with Crippen LogP contribution in [0.15, 0.2) is 35.5 Å². The van der Waals surface area contributed by atoms with Gasteiger partial charge in [0.05, 0.1) is 30.9 Å². The standard InChI is InChI=1S/C18H23ClN2O3S/c1-5-24-17(22)15-12(3)21(11(2)10-23-4)18(25)20-16(15)13-8-6-7-9-14(13)19/h6-9,11,16H,5,10H2,1-4H3,(H,20,25)/t11-,16-/m1/s1. The zero-order valence-corrected chi connectivity index (χ0v) is 16.4. The first-order valence-corrected chi connectivity index (χ1v) is 8.91. The third-order valence-corrected chi connectivity index (χ3v) is 4.75. The monoisotopic (exact) mass is 382 g/mol. The zero-order valence-electron chi connectivity index (χ0n) is 14.8. The van der Waals surface area contributed by atoms with Crippen LogP contribution in [-0.4, -0.2) is 42.3 Å². The largest absolute Gasteiger partial charge is 0.463 e. The highest BCUT2D eigenvalue weighted by Crippen LogP contribution is 2.35. The van der Waals surface area contributed by atoms with Crippen molar-refractivity contribution in [2.75, 3.05) is 20.3 Å². The van der Waals surface area contributed by atoms with Gasteiger partial charge in [0.15, 0.2) is 5.11 Å². The molecule has 2 atom stereocenters. The number of esters is 1. The molecule has 0 fully saturated rings. The highest BCUT2D eigenvalue weighted by Gasteiger charge is 2.37. The van der Waals surface area contributed by atoms with E-state index in [4.69, 9.17) is 33.3 Å². The van der Waals surface area contributed by atoms with Crippen LogP contribution in [0, 0.1) is 0 Å². The number of rotatable bonds is 6. The van der Waals surface area contributed by atoms with Gasteiger partial charge < -0.3 is 19.7 Å². The molecule has 136 valence electrons. The van der Waals surface area contributed by atoms with E-state index in [9.17, 15) is 4.79 Å². The van der Waals surface area contributed by atoms with Gasteiger partial charge in [-0.3, -0.25) is 0 Å². The molecule has 0 aliphatic carbocycles. The molecule has 2 rings (SSSR count). The third-order valence-electron chi connectivity index (χ3n) is 4.09. The molecule has 0 saturated carbocycles. The number of halogens is 1. The van der Waals surface area contributed by atoms with Crippen LogP contribution < -0.4 is 5.32 Å². The van der Waals surface area contributed by atoms with Crippen molar-refractivity contribution in [3.8, 4) is 0 Å². The van der Waals surface area contributed by atoms with E-state index in [1.54, 1.807) is 20.1 Å². The van der Waals surface area contributed by atoms with Crippen molar-refractivity contribution in [2.45, 2.75) is 32.9 Å². The predicted octanol–water partition coefficient (Wildman–Crippen LogP) is 3.44.